The molecule has 1 aromatic heterocycles. The summed E-state index contributed by atoms with van der Waals surface area (Å²) in [5, 5.41) is 6.00. The van der Waals surface area contributed by atoms with Crippen LogP contribution in [0.5, 0.6) is 0 Å². The molecule has 4 N–H and O–H groups in total. The van der Waals surface area contributed by atoms with Crippen LogP contribution in [-0.4, -0.2) is 28.5 Å². The molecule has 0 radical (unpaired) electrons. The highest BCUT2D eigenvalue weighted by molar-refractivity contribution is 9.10. The number of anilines is 2. The molecule has 0 spiro atoms. The zero-order valence-electron chi connectivity index (χ0n) is 10.0. The van der Waals surface area contributed by atoms with Crippen molar-refractivity contribution in [1.29, 1.82) is 0 Å². The third-order valence-corrected chi connectivity index (χ3v) is 2.62. The van der Waals surface area contributed by atoms with Crippen molar-refractivity contribution in [2.75, 3.05) is 17.7 Å². The largest absolute Gasteiger partial charge is 0.370 e. The quantitative estimate of drug-likeness (QED) is 0.763. The van der Waals surface area contributed by atoms with Crippen LogP contribution in [0.4, 0.5) is 11.8 Å². The van der Waals surface area contributed by atoms with E-state index in [0.29, 0.717) is 11.8 Å². The second kappa shape index (κ2) is 5.31. The predicted octanol–water partition coefficient (Wildman–Crippen LogP) is 1.35. The average Bonchev–Trinajstić information content (AvgIpc) is 2.19. The Bertz CT molecular complexity index is 421. The van der Waals surface area contributed by atoms with Gasteiger partial charge in [0.2, 0.25) is 11.9 Å². The summed E-state index contributed by atoms with van der Waals surface area (Å²) in [6.45, 7) is 3.76. The first-order valence-corrected chi connectivity index (χ1v) is 5.90. The number of carbonyl (C=O) groups excluding carboxylic acids is 1. The molecule has 17 heavy (non-hydrogen) atoms. The maximum atomic E-state index is 10.9. The van der Waals surface area contributed by atoms with Crippen LogP contribution in [0.1, 0.15) is 20.3 Å². The van der Waals surface area contributed by atoms with Gasteiger partial charge in [-0.05, 0) is 29.8 Å². The lowest BCUT2D eigenvalue weighted by Gasteiger charge is -2.26. The Kier molecular flexibility index (Phi) is 4.28. The number of halogens is 1. The Morgan fingerprint density at radius 3 is 2.76 bits per heavy atom. The Hall–Kier alpha value is -1.37. The van der Waals surface area contributed by atoms with Crippen LogP contribution >= 0.6 is 15.9 Å². The van der Waals surface area contributed by atoms with Crippen LogP contribution in [0, 0.1) is 0 Å². The molecule has 0 aliphatic heterocycles. The number of primary amides is 1. The minimum atomic E-state index is -0.465. The van der Waals surface area contributed by atoms with Crippen molar-refractivity contribution in [3.8, 4) is 0 Å². The van der Waals surface area contributed by atoms with Crippen LogP contribution in [-0.2, 0) is 4.79 Å². The van der Waals surface area contributed by atoms with Gasteiger partial charge in [0.05, 0.1) is 4.47 Å². The summed E-state index contributed by atoms with van der Waals surface area (Å²) < 4.78 is 0.731. The van der Waals surface area contributed by atoms with Crippen molar-refractivity contribution in [2.45, 2.75) is 25.8 Å². The van der Waals surface area contributed by atoms with Crippen LogP contribution in [0.25, 0.3) is 0 Å². The molecular formula is C10H16BrN5O. The number of hydrogen-bond donors (Lipinski definition) is 3. The van der Waals surface area contributed by atoms with E-state index in [1.807, 2.05) is 13.8 Å². The number of aromatic nitrogens is 2. The highest BCUT2D eigenvalue weighted by atomic mass is 79.9. The topological polar surface area (TPSA) is 92.9 Å². The number of nitrogens with one attached hydrogen (secondary N) is 2. The van der Waals surface area contributed by atoms with Crippen molar-refractivity contribution in [3.05, 3.63) is 10.7 Å². The van der Waals surface area contributed by atoms with Crippen LogP contribution in [0.2, 0.25) is 0 Å². The number of carbonyl (C=O) groups is 1. The maximum absolute atomic E-state index is 10.9. The lowest BCUT2D eigenvalue weighted by molar-refractivity contribution is -0.118. The second-order valence-corrected chi connectivity index (χ2v) is 5.15. The number of nitrogens with two attached hydrogens (primary N) is 1. The lowest BCUT2D eigenvalue weighted by Crippen LogP contribution is -2.36. The van der Waals surface area contributed by atoms with Crippen molar-refractivity contribution < 1.29 is 4.79 Å². The Balaban J connectivity index is 2.89. The molecule has 0 aliphatic rings. The van der Waals surface area contributed by atoms with Crippen molar-refractivity contribution in [2.24, 2.45) is 5.73 Å². The number of nitrogens with zero attached hydrogens (tertiary/aromatic N) is 2. The molecular weight excluding hydrogens is 286 g/mol. The molecule has 0 aromatic carbocycles. The standard InChI is InChI=1S/C10H16BrN5O/c1-10(2,4-7(12)17)16-8-6(11)5-14-9(13-3)15-8/h5H,4H2,1-3H3,(H2,12,17)(H2,13,14,15,16). The van der Waals surface area contributed by atoms with E-state index in [9.17, 15) is 4.79 Å². The van der Waals surface area contributed by atoms with Gasteiger partial charge in [-0.3, -0.25) is 4.79 Å². The number of amides is 1. The molecule has 0 atom stereocenters. The van der Waals surface area contributed by atoms with Crippen molar-refractivity contribution in [1.82, 2.24) is 9.97 Å². The van der Waals surface area contributed by atoms with Crippen molar-refractivity contribution >= 4 is 33.6 Å². The van der Waals surface area contributed by atoms with Crippen molar-refractivity contribution in [3.63, 3.8) is 0 Å². The number of rotatable bonds is 5. The van der Waals surface area contributed by atoms with Gasteiger partial charge >= 0.3 is 0 Å². The molecule has 0 saturated carbocycles. The van der Waals surface area contributed by atoms with E-state index in [1.54, 1.807) is 13.2 Å². The third-order valence-electron chi connectivity index (χ3n) is 2.04. The van der Waals surface area contributed by atoms with E-state index < -0.39 is 5.54 Å². The minimum Gasteiger partial charge on any atom is -0.370 e. The van der Waals surface area contributed by atoms with Crippen LogP contribution in [0.3, 0.4) is 0 Å². The SMILES string of the molecule is CNc1ncc(Br)c(NC(C)(C)CC(N)=O)n1. The smallest absolute Gasteiger partial charge is 0.224 e. The second-order valence-electron chi connectivity index (χ2n) is 4.29. The summed E-state index contributed by atoms with van der Waals surface area (Å²) in [6, 6.07) is 0. The Morgan fingerprint density at radius 2 is 2.24 bits per heavy atom. The van der Waals surface area contributed by atoms with Gasteiger partial charge in [0.1, 0.15) is 5.82 Å². The molecule has 1 heterocycles. The van der Waals surface area contributed by atoms with E-state index in [-0.39, 0.29) is 12.3 Å². The molecule has 0 saturated heterocycles. The summed E-state index contributed by atoms with van der Waals surface area (Å²) in [7, 11) is 1.74. The highest BCUT2D eigenvalue weighted by Gasteiger charge is 2.22. The average molecular weight is 302 g/mol. The molecule has 0 fully saturated rings. The van der Waals surface area contributed by atoms with Gasteiger partial charge in [0, 0.05) is 25.2 Å². The fraction of sp³-hybridized carbons (Fsp3) is 0.500. The summed E-state index contributed by atoms with van der Waals surface area (Å²) in [6.07, 6.45) is 1.86. The Morgan fingerprint density at radius 1 is 1.59 bits per heavy atom. The van der Waals surface area contributed by atoms with Gasteiger partial charge in [-0.1, -0.05) is 0 Å². The first-order chi connectivity index (χ1) is 7.84. The van der Waals surface area contributed by atoms with Gasteiger partial charge in [-0.25, -0.2) is 4.98 Å². The van der Waals surface area contributed by atoms with Crippen LogP contribution < -0.4 is 16.4 Å². The van der Waals surface area contributed by atoms with Gasteiger partial charge in [-0.2, -0.15) is 4.98 Å². The molecule has 0 aliphatic carbocycles. The monoisotopic (exact) mass is 301 g/mol. The Labute approximate surface area is 109 Å². The first-order valence-electron chi connectivity index (χ1n) is 5.11. The summed E-state index contributed by atoms with van der Waals surface area (Å²) in [4.78, 5) is 19.2. The zero-order chi connectivity index (χ0) is 13.1. The molecule has 0 bridgehead atoms. The molecule has 94 valence electrons. The third kappa shape index (κ3) is 4.18. The summed E-state index contributed by atoms with van der Waals surface area (Å²) in [5.74, 6) is 0.766. The molecule has 1 rings (SSSR count). The van der Waals surface area contributed by atoms with E-state index >= 15 is 0 Å². The van der Waals surface area contributed by atoms with Crippen LogP contribution in [0.15, 0.2) is 10.7 Å². The lowest BCUT2D eigenvalue weighted by atomic mass is 10.0. The van der Waals surface area contributed by atoms with E-state index in [4.69, 9.17) is 5.73 Å². The van der Waals surface area contributed by atoms with Gasteiger partial charge in [0.25, 0.3) is 0 Å². The minimum absolute atomic E-state index is 0.221. The fourth-order valence-corrected chi connectivity index (χ4v) is 1.67. The normalized spacial score (nSPS) is 11.1. The predicted molar refractivity (Wildman–Crippen MR) is 70.8 cm³/mol. The molecule has 1 aromatic rings. The molecule has 1 amide bonds. The van der Waals surface area contributed by atoms with Gasteiger partial charge < -0.3 is 16.4 Å². The van der Waals surface area contributed by atoms with E-state index in [0.717, 1.165) is 4.47 Å². The van der Waals surface area contributed by atoms with E-state index in [2.05, 4.69) is 36.5 Å². The molecule has 6 nitrogen and oxygen atoms in total. The number of hydrogen-bond acceptors (Lipinski definition) is 5. The summed E-state index contributed by atoms with van der Waals surface area (Å²) in [5.41, 5.74) is 4.73. The zero-order valence-corrected chi connectivity index (χ0v) is 11.6. The summed E-state index contributed by atoms with van der Waals surface area (Å²) >= 11 is 3.35. The first kappa shape index (κ1) is 13.7. The fourth-order valence-electron chi connectivity index (χ4n) is 1.38. The van der Waals surface area contributed by atoms with Gasteiger partial charge in [0.15, 0.2) is 0 Å². The molecule has 7 heteroatoms. The highest BCUT2D eigenvalue weighted by Crippen LogP contribution is 2.24. The molecule has 0 unspecified atom stereocenters. The van der Waals surface area contributed by atoms with Gasteiger partial charge in [-0.15, -0.1) is 0 Å². The maximum Gasteiger partial charge on any atom is 0.224 e. The van der Waals surface area contributed by atoms with E-state index in [1.165, 1.54) is 0 Å².